The van der Waals surface area contributed by atoms with Gasteiger partial charge in [0.2, 0.25) is 0 Å². The van der Waals surface area contributed by atoms with Crippen molar-refractivity contribution in [3.63, 3.8) is 0 Å². The molecule has 1 aromatic heterocycles. The van der Waals surface area contributed by atoms with Crippen LogP contribution in [0.3, 0.4) is 0 Å². The second-order valence-electron chi connectivity index (χ2n) is 7.57. The van der Waals surface area contributed by atoms with Crippen molar-refractivity contribution in [1.29, 1.82) is 5.41 Å². The van der Waals surface area contributed by atoms with E-state index in [1.165, 1.54) is 7.05 Å². The summed E-state index contributed by atoms with van der Waals surface area (Å²) in [5.74, 6) is -5.02. The third-order valence-corrected chi connectivity index (χ3v) is 5.50. The van der Waals surface area contributed by atoms with Gasteiger partial charge in [-0.3, -0.25) is 4.79 Å². The van der Waals surface area contributed by atoms with E-state index >= 15 is 0 Å². The summed E-state index contributed by atoms with van der Waals surface area (Å²) in [6.45, 7) is 0. The molecule has 1 aromatic carbocycles. The predicted molar refractivity (Wildman–Crippen MR) is 119 cm³/mol. The van der Waals surface area contributed by atoms with Gasteiger partial charge < -0.3 is 32.4 Å². The van der Waals surface area contributed by atoms with Crippen molar-refractivity contribution in [2.45, 2.75) is 37.3 Å². The van der Waals surface area contributed by atoms with Gasteiger partial charge in [-0.05, 0) is 44.2 Å². The molecule has 1 fully saturated rings. The van der Waals surface area contributed by atoms with Crippen LogP contribution in [0.25, 0.3) is 0 Å². The fraction of sp³-hybridized carbons (Fsp3) is 0.381. The molecule has 0 bridgehead atoms. The lowest BCUT2D eigenvalue weighted by Gasteiger charge is -2.38. The van der Waals surface area contributed by atoms with Crippen molar-refractivity contribution in [3.8, 4) is 0 Å². The summed E-state index contributed by atoms with van der Waals surface area (Å²) in [7, 11) is 3.15. The third kappa shape index (κ3) is 4.77. The van der Waals surface area contributed by atoms with E-state index in [1.54, 1.807) is 25.2 Å². The number of anilines is 4. The summed E-state index contributed by atoms with van der Waals surface area (Å²) < 4.78 is 43.3. The molecule has 0 saturated heterocycles. The van der Waals surface area contributed by atoms with Gasteiger partial charge in [-0.1, -0.05) is 0 Å². The van der Waals surface area contributed by atoms with Crippen LogP contribution in [0.1, 0.15) is 35.2 Å². The zero-order valence-electron chi connectivity index (χ0n) is 17.7. The minimum atomic E-state index is -2.95. The Morgan fingerprint density at radius 3 is 2.66 bits per heavy atom. The summed E-state index contributed by atoms with van der Waals surface area (Å²) in [6, 6.07) is 4.00. The molecule has 2 aromatic rings. The first kappa shape index (κ1) is 23.3. The molecule has 11 heteroatoms. The number of halogens is 3. The molecule has 32 heavy (non-hydrogen) atoms. The average molecular weight is 449 g/mol. The predicted octanol–water partition coefficient (Wildman–Crippen LogP) is 3.29. The second-order valence-corrected chi connectivity index (χ2v) is 7.57. The molecule has 1 heterocycles. The summed E-state index contributed by atoms with van der Waals surface area (Å²) in [5, 5.41) is 18.8. The number of likely N-dealkylation sites (N-methyl/N-ethyl adjacent to an activating group) is 1. The first-order chi connectivity index (χ1) is 15.2. The van der Waals surface area contributed by atoms with Crippen LogP contribution in [-0.2, 0) is 0 Å². The summed E-state index contributed by atoms with van der Waals surface area (Å²) in [5.41, 5.74) is 6.96. The standard InChI is InChI=1S/C21H26F3N7O/c1-27-15-6-5-12(8-11(15)10-25)29-19-13(18(26)32)9-14(22)20(31-19)30-16-4-3-7-21(23,24)17(16)28-2/h5-6,8-10,16-17,25,27-28H,3-4,7H2,1-2H3,(H2,26,32)(H2,29,30,31). The quantitative estimate of drug-likeness (QED) is 0.343. The molecule has 1 amide bonds. The highest BCUT2D eigenvalue weighted by atomic mass is 19.3. The Hall–Kier alpha value is -3.34. The third-order valence-electron chi connectivity index (χ3n) is 5.50. The number of hydrogen-bond acceptors (Lipinski definition) is 7. The van der Waals surface area contributed by atoms with E-state index in [2.05, 4.69) is 26.3 Å². The molecule has 0 radical (unpaired) electrons. The van der Waals surface area contributed by atoms with Crippen LogP contribution in [0.15, 0.2) is 24.3 Å². The van der Waals surface area contributed by atoms with E-state index in [-0.39, 0.29) is 30.0 Å². The van der Waals surface area contributed by atoms with Crippen LogP contribution < -0.4 is 27.0 Å². The van der Waals surface area contributed by atoms with Gasteiger partial charge >= 0.3 is 0 Å². The van der Waals surface area contributed by atoms with Gasteiger partial charge in [-0.25, -0.2) is 18.2 Å². The molecular formula is C21H26F3N7O. The minimum absolute atomic E-state index is 0.0295. The number of nitrogens with two attached hydrogens (primary N) is 1. The monoisotopic (exact) mass is 449 g/mol. The van der Waals surface area contributed by atoms with Gasteiger partial charge in [0.15, 0.2) is 11.6 Å². The lowest BCUT2D eigenvalue weighted by atomic mass is 9.87. The fourth-order valence-electron chi connectivity index (χ4n) is 3.92. The number of aromatic nitrogens is 1. The van der Waals surface area contributed by atoms with Gasteiger partial charge in [-0.15, -0.1) is 0 Å². The summed E-state index contributed by atoms with van der Waals surface area (Å²) in [4.78, 5) is 16.0. The first-order valence-electron chi connectivity index (χ1n) is 10.1. The Bertz CT molecular complexity index is 1020. The molecule has 1 aliphatic carbocycles. The molecule has 0 spiro atoms. The number of carbonyl (C=O) groups excluding carboxylic acids is 1. The molecule has 2 atom stereocenters. The zero-order chi connectivity index (χ0) is 23.5. The van der Waals surface area contributed by atoms with Crippen LogP contribution in [0.5, 0.6) is 0 Å². The Balaban J connectivity index is 1.96. The van der Waals surface area contributed by atoms with Gasteiger partial charge in [0, 0.05) is 42.7 Å². The van der Waals surface area contributed by atoms with Crippen LogP contribution in [0.4, 0.5) is 36.2 Å². The minimum Gasteiger partial charge on any atom is -0.388 e. The lowest BCUT2D eigenvalue weighted by molar-refractivity contribution is -0.0654. The number of nitrogens with one attached hydrogen (secondary N) is 5. The van der Waals surface area contributed by atoms with Gasteiger partial charge in [0.1, 0.15) is 5.82 Å². The topological polar surface area (TPSA) is 128 Å². The molecule has 3 rings (SSSR count). The number of benzene rings is 1. The van der Waals surface area contributed by atoms with Crippen LogP contribution >= 0.6 is 0 Å². The van der Waals surface area contributed by atoms with E-state index in [0.29, 0.717) is 23.4 Å². The second kappa shape index (κ2) is 9.43. The number of primary amides is 1. The Morgan fingerprint density at radius 2 is 2.03 bits per heavy atom. The van der Waals surface area contributed by atoms with Gasteiger partial charge in [0.05, 0.1) is 11.6 Å². The highest BCUT2D eigenvalue weighted by Gasteiger charge is 2.46. The van der Waals surface area contributed by atoms with Crippen molar-refractivity contribution in [1.82, 2.24) is 10.3 Å². The molecule has 1 aliphatic rings. The Kier molecular flexibility index (Phi) is 6.87. The maximum Gasteiger partial charge on any atom is 0.265 e. The number of amides is 1. The maximum atomic E-state index is 14.7. The van der Waals surface area contributed by atoms with E-state index in [1.807, 2.05) is 0 Å². The highest BCUT2D eigenvalue weighted by molar-refractivity contribution is 5.99. The van der Waals surface area contributed by atoms with Crippen molar-refractivity contribution >= 4 is 35.1 Å². The summed E-state index contributed by atoms with van der Waals surface area (Å²) >= 11 is 0. The van der Waals surface area contributed by atoms with Crippen molar-refractivity contribution < 1.29 is 18.0 Å². The van der Waals surface area contributed by atoms with Crippen molar-refractivity contribution in [3.05, 3.63) is 41.2 Å². The zero-order valence-corrected chi connectivity index (χ0v) is 17.7. The van der Waals surface area contributed by atoms with Crippen LogP contribution in [0, 0.1) is 11.2 Å². The lowest BCUT2D eigenvalue weighted by Crippen LogP contribution is -2.56. The van der Waals surface area contributed by atoms with E-state index < -0.39 is 29.7 Å². The molecule has 8 nitrogen and oxygen atoms in total. The molecule has 2 unspecified atom stereocenters. The van der Waals surface area contributed by atoms with Gasteiger partial charge in [0.25, 0.3) is 11.8 Å². The number of rotatable bonds is 8. The summed E-state index contributed by atoms with van der Waals surface area (Å²) in [6.07, 6.45) is 1.58. The smallest absolute Gasteiger partial charge is 0.265 e. The largest absolute Gasteiger partial charge is 0.388 e. The normalized spacial score (nSPS) is 19.8. The number of nitrogens with zero attached hydrogens (tertiary/aromatic N) is 1. The Labute approximate surface area is 183 Å². The molecule has 1 saturated carbocycles. The fourth-order valence-corrected chi connectivity index (χ4v) is 3.92. The van der Waals surface area contributed by atoms with E-state index in [0.717, 1.165) is 12.3 Å². The number of pyridine rings is 1. The van der Waals surface area contributed by atoms with Crippen LogP contribution in [0.2, 0.25) is 0 Å². The number of carbonyl (C=O) groups is 1. The number of hydrogen-bond donors (Lipinski definition) is 6. The molecular weight excluding hydrogens is 423 g/mol. The maximum absolute atomic E-state index is 14.7. The highest BCUT2D eigenvalue weighted by Crippen LogP contribution is 2.35. The molecule has 7 N–H and O–H groups in total. The van der Waals surface area contributed by atoms with Crippen molar-refractivity contribution in [2.75, 3.05) is 30.0 Å². The average Bonchev–Trinajstić information content (AvgIpc) is 2.75. The van der Waals surface area contributed by atoms with Gasteiger partial charge in [-0.2, -0.15) is 0 Å². The van der Waals surface area contributed by atoms with Crippen LogP contribution in [-0.4, -0.2) is 49.2 Å². The van der Waals surface area contributed by atoms with E-state index in [4.69, 9.17) is 11.1 Å². The Morgan fingerprint density at radius 1 is 1.28 bits per heavy atom. The molecule has 0 aliphatic heterocycles. The van der Waals surface area contributed by atoms with Crippen molar-refractivity contribution in [2.24, 2.45) is 5.73 Å². The number of alkyl halides is 2. The SMILES string of the molecule is CNc1ccc(Nc2nc(NC3CCCC(F)(F)C3NC)c(F)cc2C(N)=O)cc1C=N. The van der Waals surface area contributed by atoms with E-state index in [9.17, 15) is 18.0 Å². The molecule has 172 valence electrons. The first-order valence-corrected chi connectivity index (χ1v) is 10.1.